The molecule has 0 saturated carbocycles. The maximum atomic E-state index is 15.6. The second-order valence-corrected chi connectivity index (χ2v) is 8.98. The minimum Gasteiger partial charge on any atom is -0.453 e. The van der Waals surface area contributed by atoms with E-state index in [4.69, 9.17) is 9.47 Å². The third-order valence-electron chi connectivity index (χ3n) is 6.52. The number of hydrogen-bond donors (Lipinski definition) is 1. The first-order valence-electron chi connectivity index (χ1n) is 11.8. The fourth-order valence-corrected chi connectivity index (χ4v) is 4.73. The molecule has 10 nitrogen and oxygen atoms in total. The molecule has 2 fully saturated rings. The van der Waals surface area contributed by atoms with Gasteiger partial charge in [0.1, 0.15) is 28.9 Å². The summed E-state index contributed by atoms with van der Waals surface area (Å²) in [6.45, 7) is 2.67. The predicted molar refractivity (Wildman–Crippen MR) is 132 cm³/mol. The molecule has 0 bridgehead atoms. The number of ether oxygens (including phenoxy) is 2. The van der Waals surface area contributed by atoms with Gasteiger partial charge in [-0.1, -0.05) is 0 Å². The molecule has 2 aliphatic rings. The van der Waals surface area contributed by atoms with Gasteiger partial charge in [-0.15, -0.1) is 0 Å². The van der Waals surface area contributed by atoms with Crippen LogP contribution < -0.4 is 10.2 Å². The van der Waals surface area contributed by atoms with Crippen LogP contribution in [0.25, 0.3) is 16.9 Å². The number of pyridine rings is 1. The molecule has 5 rings (SSSR count). The molecular formula is C26H23F2N5O5. The van der Waals surface area contributed by atoms with Crippen molar-refractivity contribution in [2.75, 3.05) is 38.3 Å². The molecule has 1 aromatic carbocycles. The van der Waals surface area contributed by atoms with Crippen molar-refractivity contribution in [2.24, 2.45) is 0 Å². The summed E-state index contributed by atoms with van der Waals surface area (Å²) in [7, 11) is 1.30. The second kappa shape index (κ2) is 10.1. The summed E-state index contributed by atoms with van der Waals surface area (Å²) in [6.07, 6.45) is 1.05. The van der Waals surface area contributed by atoms with Crippen LogP contribution in [0, 0.1) is 18.6 Å². The van der Waals surface area contributed by atoms with Crippen LogP contribution in [0.15, 0.2) is 42.0 Å². The highest BCUT2D eigenvalue weighted by molar-refractivity contribution is 5.75. The normalized spacial score (nSPS) is 17.4. The van der Waals surface area contributed by atoms with Crippen molar-refractivity contribution in [3.8, 4) is 11.3 Å². The number of aromatic nitrogens is 2. The van der Waals surface area contributed by atoms with Crippen molar-refractivity contribution in [1.29, 1.82) is 0 Å². The zero-order valence-electron chi connectivity index (χ0n) is 20.6. The average molecular weight is 523 g/mol. The van der Waals surface area contributed by atoms with E-state index >= 15 is 8.78 Å². The van der Waals surface area contributed by atoms with Gasteiger partial charge in [0.05, 0.1) is 49.9 Å². The van der Waals surface area contributed by atoms with E-state index in [9.17, 15) is 14.4 Å². The summed E-state index contributed by atoms with van der Waals surface area (Å²) < 4.78 is 43.7. The highest BCUT2D eigenvalue weighted by atomic mass is 19.1. The Labute approximate surface area is 215 Å². The molecule has 38 heavy (non-hydrogen) atoms. The lowest BCUT2D eigenvalue weighted by Gasteiger charge is -2.32. The van der Waals surface area contributed by atoms with Gasteiger partial charge >= 0.3 is 6.09 Å². The first kappa shape index (κ1) is 25.2. The summed E-state index contributed by atoms with van der Waals surface area (Å²) in [6, 6.07) is 5.79. The van der Waals surface area contributed by atoms with Gasteiger partial charge in [-0.3, -0.25) is 0 Å². The molecule has 0 aliphatic carbocycles. The number of amides is 1. The number of nitrogens with one attached hydrogen (secondary N) is 1. The molecule has 1 amide bonds. The number of nitrogens with zero attached hydrogens (tertiary/aromatic N) is 4. The van der Waals surface area contributed by atoms with E-state index in [1.807, 2.05) is 13.0 Å². The van der Waals surface area contributed by atoms with Crippen LogP contribution in [0.5, 0.6) is 0 Å². The number of methoxy groups -OCH3 is 1. The topological polar surface area (TPSA) is 105 Å². The first-order valence-corrected chi connectivity index (χ1v) is 11.8. The van der Waals surface area contributed by atoms with Crippen molar-refractivity contribution in [3.63, 3.8) is 0 Å². The minimum absolute atomic E-state index is 0.0188. The van der Waals surface area contributed by atoms with Gasteiger partial charge < -0.3 is 29.0 Å². The fraction of sp³-hybridized carbons (Fsp3) is 0.308. The molecule has 2 aliphatic heterocycles. The lowest BCUT2D eigenvalue weighted by atomic mass is 10.0. The molecule has 0 radical (unpaired) electrons. The van der Waals surface area contributed by atoms with Crippen molar-refractivity contribution >= 4 is 29.3 Å². The predicted octanol–water partition coefficient (Wildman–Crippen LogP) is 2.40. The quantitative estimate of drug-likeness (QED) is 0.520. The number of rotatable bonds is 4. The lowest BCUT2D eigenvalue weighted by molar-refractivity contribution is -0.0241. The van der Waals surface area contributed by atoms with Crippen molar-refractivity contribution in [3.05, 3.63) is 64.9 Å². The summed E-state index contributed by atoms with van der Waals surface area (Å²) in [5.74, 6) is 1.31. The number of anilines is 1. The third kappa shape index (κ3) is 4.52. The monoisotopic (exact) mass is 523 g/mol. The van der Waals surface area contributed by atoms with Crippen molar-refractivity contribution in [2.45, 2.75) is 19.4 Å². The SMILES string of the molecule is COC(=O)N1CCO[C@@H](Cc2c(-c3c(F)cc(N4CC(=C=O)NC4=C=O)cc3F)nc3cc(C)ccn23)C1. The third-order valence-corrected chi connectivity index (χ3v) is 6.52. The largest absolute Gasteiger partial charge is 0.453 e. The number of morpholine rings is 1. The van der Waals surface area contributed by atoms with Gasteiger partial charge in [0.25, 0.3) is 0 Å². The van der Waals surface area contributed by atoms with E-state index in [2.05, 4.69) is 10.3 Å². The standard InChI is InChI=1S/C26H23F2N5O5/c1-15-3-4-32-21(10-18-12-31(5-6-38-18)26(36)37-2)25(30-22(32)7-15)24-19(27)8-17(9-20(24)28)33-11-16(13-34)29-23(33)14-35/h3-4,7-9,18,29H,5-6,10-12H2,1-2H3/t18-/m0/s1. The van der Waals surface area contributed by atoms with Crippen LogP contribution in [0.2, 0.25) is 0 Å². The smallest absolute Gasteiger partial charge is 0.409 e. The van der Waals surface area contributed by atoms with Gasteiger partial charge in [-0.2, -0.15) is 0 Å². The van der Waals surface area contributed by atoms with Gasteiger partial charge in [0, 0.05) is 24.8 Å². The molecule has 196 valence electrons. The number of imidazole rings is 1. The van der Waals surface area contributed by atoms with E-state index in [1.54, 1.807) is 28.5 Å². The number of benzene rings is 1. The maximum Gasteiger partial charge on any atom is 0.409 e. The van der Waals surface area contributed by atoms with Gasteiger partial charge in [0.2, 0.25) is 0 Å². The Kier molecular flexibility index (Phi) is 6.69. The zero-order chi connectivity index (χ0) is 27.0. The van der Waals surface area contributed by atoms with E-state index in [1.165, 1.54) is 16.9 Å². The fourth-order valence-electron chi connectivity index (χ4n) is 4.73. The molecule has 2 aromatic heterocycles. The molecule has 1 atom stereocenters. The van der Waals surface area contributed by atoms with Crippen LogP contribution in [-0.4, -0.2) is 71.7 Å². The van der Waals surface area contributed by atoms with Crippen LogP contribution in [0.1, 0.15) is 11.3 Å². The number of halogens is 2. The van der Waals surface area contributed by atoms with E-state index in [-0.39, 0.29) is 54.6 Å². The van der Waals surface area contributed by atoms with Crippen LogP contribution >= 0.6 is 0 Å². The second-order valence-electron chi connectivity index (χ2n) is 8.98. The molecule has 0 spiro atoms. The maximum absolute atomic E-state index is 15.6. The highest BCUT2D eigenvalue weighted by Crippen LogP contribution is 2.35. The van der Waals surface area contributed by atoms with E-state index in [0.717, 1.165) is 17.7 Å². The molecule has 3 aromatic rings. The Bertz CT molecular complexity index is 1520. The Balaban J connectivity index is 1.57. The molecule has 4 heterocycles. The molecule has 0 unspecified atom stereocenters. The Hall–Kier alpha value is -4.50. The number of aryl methyl sites for hydroxylation is 1. The number of carbonyl (C=O) groups excluding carboxylic acids is 3. The van der Waals surface area contributed by atoms with Crippen LogP contribution in [0.4, 0.5) is 19.3 Å². The van der Waals surface area contributed by atoms with Crippen molar-refractivity contribution in [1.82, 2.24) is 19.6 Å². The van der Waals surface area contributed by atoms with Crippen LogP contribution in [-0.2, 0) is 25.5 Å². The van der Waals surface area contributed by atoms with Gasteiger partial charge in [0.15, 0.2) is 11.8 Å². The van der Waals surface area contributed by atoms with Gasteiger partial charge in [-0.25, -0.2) is 28.1 Å². The Morgan fingerprint density at radius 3 is 2.68 bits per heavy atom. The van der Waals surface area contributed by atoms with E-state index < -0.39 is 23.8 Å². The molecule has 1 N–H and O–H groups in total. The van der Waals surface area contributed by atoms with Gasteiger partial charge in [-0.05, 0) is 36.8 Å². The summed E-state index contributed by atoms with van der Waals surface area (Å²) in [5.41, 5.74) is 1.72. The Morgan fingerprint density at radius 2 is 2.00 bits per heavy atom. The minimum atomic E-state index is -0.907. The summed E-state index contributed by atoms with van der Waals surface area (Å²) in [4.78, 5) is 41.7. The number of hydrogen-bond acceptors (Lipinski definition) is 8. The molecule has 2 saturated heterocycles. The van der Waals surface area contributed by atoms with E-state index in [0.29, 0.717) is 17.9 Å². The number of fused-ring (bicyclic) bond motifs is 1. The first-order chi connectivity index (χ1) is 18.3. The molecular weight excluding hydrogens is 500 g/mol. The lowest BCUT2D eigenvalue weighted by Crippen LogP contribution is -2.46. The zero-order valence-corrected chi connectivity index (χ0v) is 20.6. The molecule has 12 heteroatoms. The highest BCUT2D eigenvalue weighted by Gasteiger charge is 2.30. The number of carbonyl (C=O) groups is 1. The average Bonchev–Trinajstić information content (AvgIpc) is 3.49. The van der Waals surface area contributed by atoms with Crippen molar-refractivity contribution < 1.29 is 32.6 Å². The van der Waals surface area contributed by atoms with Crippen LogP contribution in [0.3, 0.4) is 0 Å². The summed E-state index contributed by atoms with van der Waals surface area (Å²) >= 11 is 0. The Morgan fingerprint density at radius 1 is 1.24 bits per heavy atom. The summed E-state index contributed by atoms with van der Waals surface area (Å²) in [5, 5.41) is 2.52.